The van der Waals surface area contributed by atoms with Crippen molar-refractivity contribution in [2.75, 3.05) is 11.5 Å². The summed E-state index contributed by atoms with van der Waals surface area (Å²) in [5, 5.41) is 7.83. The van der Waals surface area contributed by atoms with E-state index in [2.05, 4.69) is 10.2 Å². The van der Waals surface area contributed by atoms with Crippen molar-refractivity contribution in [3.63, 3.8) is 0 Å². The maximum absolute atomic E-state index is 14.3. The molecule has 0 unspecified atom stereocenters. The highest BCUT2D eigenvalue weighted by atomic mass is 35.5. The van der Waals surface area contributed by atoms with Crippen LogP contribution < -0.4 is 0 Å². The Kier molecular flexibility index (Phi) is 4.73. The molecule has 0 spiro atoms. The van der Waals surface area contributed by atoms with Crippen molar-refractivity contribution >= 4 is 22.4 Å². The Morgan fingerprint density at radius 2 is 1.74 bits per heavy atom. The molecule has 1 saturated heterocycles. The van der Waals surface area contributed by atoms with Gasteiger partial charge in [-0.3, -0.25) is 4.21 Å². The Bertz CT molecular complexity index is 755. The van der Waals surface area contributed by atoms with Crippen molar-refractivity contribution in [3.8, 4) is 11.1 Å². The van der Waals surface area contributed by atoms with E-state index in [0.717, 1.165) is 0 Å². The molecule has 2 heterocycles. The lowest BCUT2D eigenvalue weighted by Gasteiger charge is -2.25. The molecule has 1 fully saturated rings. The van der Waals surface area contributed by atoms with Crippen LogP contribution >= 0.6 is 11.6 Å². The number of hydrogen-bond acceptors (Lipinski definition) is 3. The van der Waals surface area contributed by atoms with Gasteiger partial charge in [0.2, 0.25) is 0 Å². The molecule has 0 aliphatic carbocycles. The predicted molar refractivity (Wildman–Crippen MR) is 87.0 cm³/mol. The summed E-state index contributed by atoms with van der Waals surface area (Å²) < 4.78 is 40.1. The highest BCUT2D eigenvalue weighted by Crippen LogP contribution is 2.41. The van der Waals surface area contributed by atoms with Gasteiger partial charge >= 0.3 is 0 Å². The first-order valence-corrected chi connectivity index (χ1v) is 9.17. The normalized spacial score (nSPS) is 21.4. The highest BCUT2D eigenvalue weighted by Gasteiger charge is 2.28. The zero-order valence-electron chi connectivity index (χ0n) is 12.5. The molecule has 7 heteroatoms. The van der Waals surface area contributed by atoms with Gasteiger partial charge in [0.05, 0.1) is 11.3 Å². The van der Waals surface area contributed by atoms with E-state index in [1.54, 1.807) is 6.92 Å². The van der Waals surface area contributed by atoms with E-state index >= 15 is 0 Å². The molecule has 0 atom stereocenters. The minimum absolute atomic E-state index is 0.0127. The van der Waals surface area contributed by atoms with Gasteiger partial charge in [0, 0.05) is 27.9 Å². The number of aryl methyl sites for hydroxylation is 1. The van der Waals surface area contributed by atoms with Crippen molar-refractivity contribution in [2.24, 2.45) is 0 Å². The molecule has 0 amide bonds. The van der Waals surface area contributed by atoms with Crippen LogP contribution in [0.4, 0.5) is 8.78 Å². The summed E-state index contributed by atoms with van der Waals surface area (Å²) in [6.07, 6.45) is 1.36. The third kappa shape index (κ3) is 3.15. The lowest BCUT2D eigenvalue weighted by molar-refractivity contribution is 0.582. The predicted octanol–water partition coefficient (Wildman–Crippen LogP) is 4.01. The number of aromatic nitrogens is 2. The molecule has 0 bridgehead atoms. The lowest BCUT2D eigenvalue weighted by Crippen LogP contribution is -2.19. The monoisotopic (exact) mass is 356 g/mol. The molecule has 0 saturated carbocycles. The number of rotatable bonds is 2. The number of hydrogen-bond donors (Lipinski definition) is 0. The van der Waals surface area contributed by atoms with Gasteiger partial charge < -0.3 is 0 Å². The fourth-order valence-corrected chi connectivity index (χ4v) is 4.60. The van der Waals surface area contributed by atoms with Crippen LogP contribution in [0.2, 0.25) is 5.15 Å². The second-order valence-electron chi connectivity index (χ2n) is 5.58. The number of benzene rings is 1. The van der Waals surface area contributed by atoms with Crippen molar-refractivity contribution in [1.82, 2.24) is 10.2 Å². The Morgan fingerprint density at radius 1 is 1.13 bits per heavy atom. The van der Waals surface area contributed by atoms with Gasteiger partial charge in [-0.25, -0.2) is 8.78 Å². The fourth-order valence-electron chi connectivity index (χ4n) is 3.07. The molecular weight excluding hydrogens is 342 g/mol. The maximum atomic E-state index is 14.3. The average Bonchev–Trinajstić information content (AvgIpc) is 2.52. The molecular formula is C16H15ClF2N2OS. The van der Waals surface area contributed by atoms with Gasteiger partial charge in [-0.05, 0) is 43.4 Å². The van der Waals surface area contributed by atoms with Gasteiger partial charge in [-0.2, -0.15) is 5.10 Å². The largest absolute Gasteiger partial charge is 0.260 e. The SMILES string of the molecule is Cc1nnc(Cl)c(-c2c(F)cccc2F)c1C1CCS(=O)CC1. The van der Waals surface area contributed by atoms with Gasteiger partial charge in [0.15, 0.2) is 5.15 Å². The zero-order valence-corrected chi connectivity index (χ0v) is 14.1. The summed E-state index contributed by atoms with van der Waals surface area (Å²) in [5.41, 5.74) is 1.42. The Morgan fingerprint density at radius 3 is 2.35 bits per heavy atom. The summed E-state index contributed by atoms with van der Waals surface area (Å²) >= 11 is 6.16. The van der Waals surface area contributed by atoms with E-state index in [9.17, 15) is 13.0 Å². The van der Waals surface area contributed by atoms with E-state index in [1.165, 1.54) is 18.2 Å². The lowest BCUT2D eigenvalue weighted by atomic mass is 9.86. The summed E-state index contributed by atoms with van der Waals surface area (Å²) in [6, 6.07) is 3.71. The highest BCUT2D eigenvalue weighted by molar-refractivity contribution is 7.85. The number of nitrogens with zero attached hydrogens (tertiary/aromatic N) is 2. The van der Waals surface area contributed by atoms with E-state index in [4.69, 9.17) is 11.6 Å². The standard InChI is InChI=1S/C16H15ClF2N2OS/c1-9-13(10-5-7-23(22)8-6-10)15(16(17)21-20-9)14-11(18)3-2-4-12(14)19/h2-4,10H,5-8H2,1H3. The Labute approximate surface area is 140 Å². The second kappa shape index (κ2) is 6.61. The first kappa shape index (κ1) is 16.5. The minimum Gasteiger partial charge on any atom is -0.260 e. The van der Waals surface area contributed by atoms with E-state index in [0.29, 0.717) is 35.6 Å². The molecule has 0 radical (unpaired) electrons. The van der Waals surface area contributed by atoms with Gasteiger partial charge in [0.1, 0.15) is 11.6 Å². The first-order valence-electron chi connectivity index (χ1n) is 7.31. The molecule has 1 aromatic heterocycles. The summed E-state index contributed by atoms with van der Waals surface area (Å²) in [4.78, 5) is 0. The Balaban J connectivity index is 2.21. The molecule has 3 nitrogen and oxygen atoms in total. The zero-order chi connectivity index (χ0) is 16.6. The van der Waals surface area contributed by atoms with Crippen LogP contribution in [-0.2, 0) is 10.8 Å². The molecule has 1 aromatic carbocycles. The van der Waals surface area contributed by atoms with Crippen molar-refractivity contribution in [3.05, 3.63) is 46.2 Å². The van der Waals surface area contributed by atoms with Crippen LogP contribution in [0, 0.1) is 18.6 Å². The maximum Gasteiger partial charge on any atom is 0.160 e. The molecule has 1 aliphatic rings. The molecule has 23 heavy (non-hydrogen) atoms. The van der Waals surface area contributed by atoms with E-state index < -0.39 is 22.4 Å². The molecule has 0 N–H and O–H groups in total. The van der Waals surface area contributed by atoms with Crippen molar-refractivity contribution < 1.29 is 13.0 Å². The molecule has 122 valence electrons. The fraction of sp³-hybridized carbons (Fsp3) is 0.375. The summed E-state index contributed by atoms with van der Waals surface area (Å²) in [7, 11) is -0.824. The third-order valence-electron chi connectivity index (χ3n) is 4.16. The van der Waals surface area contributed by atoms with E-state index in [1.807, 2.05) is 0 Å². The summed E-state index contributed by atoms with van der Waals surface area (Å²) in [6.45, 7) is 1.76. The van der Waals surface area contributed by atoms with Crippen LogP contribution in [-0.4, -0.2) is 25.9 Å². The van der Waals surface area contributed by atoms with Crippen LogP contribution in [0.5, 0.6) is 0 Å². The smallest absolute Gasteiger partial charge is 0.160 e. The third-order valence-corrected chi connectivity index (χ3v) is 5.81. The average molecular weight is 357 g/mol. The van der Waals surface area contributed by atoms with Crippen LogP contribution in [0.3, 0.4) is 0 Å². The summed E-state index contributed by atoms with van der Waals surface area (Å²) in [5.74, 6) is -0.193. The Hall–Kier alpha value is -1.40. The van der Waals surface area contributed by atoms with Gasteiger partial charge in [-0.1, -0.05) is 17.7 Å². The van der Waals surface area contributed by atoms with Gasteiger partial charge in [0.25, 0.3) is 0 Å². The van der Waals surface area contributed by atoms with Crippen LogP contribution in [0.15, 0.2) is 18.2 Å². The molecule has 1 aliphatic heterocycles. The molecule has 2 aromatic rings. The van der Waals surface area contributed by atoms with E-state index in [-0.39, 0.29) is 22.2 Å². The van der Waals surface area contributed by atoms with Crippen molar-refractivity contribution in [1.29, 1.82) is 0 Å². The topological polar surface area (TPSA) is 42.9 Å². The second-order valence-corrected chi connectivity index (χ2v) is 7.64. The van der Waals surface area contributed by atoms with Crippen molar-refractivity contribution in [2.45, 2.75) is 25.7 Å². The van der Waals surface area contributed by atoms with Gasteiger partial charge in [-0.15, -0.1) is 5.10 Å². The molecule has 3 rings (SSSR count). The quantitative estimate of drug-likeness (QED) is 0.816. The van der Waals surface area contributed by atoms with Crippen LogP contribution in [0.1, 0.15) is 30.0 Å². The first-order chi connectivity index (χ1) is 11.0. The minimum atomic E-state index is -0.824. The number of halogens is 3. The van der Waals surface area contributed by atoms with Crippen LogP contribution in [0.25, 0.3) is 11.1 Å².